The molecule has 1 N–H and O–H groups in total. The molecule has 0 fully saturated rings. The quantitative estimate of drug-likeness (QED) is 0.907. The van der Waals surface area contributed by atoms with Crippen molar-refractivity contribution in [3.63, 3.8) is 0 Å². The molecule has 1 unspecified atom stereocenters. The van der Waals surface area contributed by atoms with Crippen LogP contribution < -0.4 is 10.1 Å². The van der Waals surface area contributed by atoms with Gasteiger partial charge >= 0.3 is 0 Å². The lowest BCUT2D eigenvalue weighted by molar-refractivity contribution is -0.120. The Morgan fingerprint density at radius 1 is 1.38 bits per heavy atom. The predicted molar refractivity (Wildman–Crippen MR) is 83.9 cm³/mol. The van der Waals surface area contributed by atoms with E-state index in [9.17, 15) is 10.1 Å². The van der Waals surface area contributed by atoms with Crippen LogP contribution in [-0.4, -0.2) is 18.3 Å². The Bertz CT molecular complexity index is 587. The zero-order valence-corrected chi connectivity index (χ0v) is 13.0. The highest BCUT2D eigenvalue weighted by atomic mass is 32.2. The van der Waals surface area contributed by atoms with Crippen molar-refractivity contribution in [3.8, 4) is 11.8 Å². The van der Waals surface area contributed by atoms with Gasteiger partial charge in [-0.25, -0.2) is 0 Å². The van der Waals surface area contributed by atoms with Gasteiger partial charge in [0.1, 0.15) is 5.75 Å². The minimum atomic E-state index is -0.173. The topological polar surface area (TPSA) is 62.1 Å². The predicted octanol–water partition coefficient (Wildman–Crippen LogP) is 3.18. The summed E-state index contributed by atoms with van der Waals surface area (Å²) in [5.41, 5.74) is 1.62. The molecule has 5 heteroatoms. The summed E-state index contributed by atoms with van der Waals surface area (Å²) in [6, 6.07) is 9.89. The fraction of sp³-hybridized carbons (Fsp3) is 0.375. The largest absolute Gasteiger partial charge is 0.494 e. The van der Waals surface area contributed by atoms with E-state index in [0.717, 1.165) is 17.1 Å². The Kier molecular flexibility index (Phi) is 5.29. The van der Waals surface area contributed by atoms with Crippen molar-refractivity contribution in [1.82, 2.24) is 5.32 Å². The van der Waals surface area contributed by atoms with E-state index in [1.165, 1.54) is 11.8 Å². The van der Waals surface area contributed by atoms with Crippen LogP contribution in [-0.2, 0) is 4.79 Å². The first-order valence-corrected chi connectivity index (χ1v) is 7.97. The minimum absolute atomic E-state index is 0.0381. The number of amides is 1. The SMILES string of the molecule is CCOc1ccc(C2CC(=O)NC(SCC)=C2C#N)cc1. The zero-order valence-electron chi connectivity index (χ0n) is 12.2. The summed E-state index contributed by atoms with van der Waals surface area (Å²) < 4.78 is 5.42. The molecule has 1 heterocycles. The van der Waals surface area contributed by atoms with E-state index >= 15 is 0 Å². The summed E-state index contributed by atoms with van der Waals surface area (Å²) >= 11 is 1.50. The van der Waals surface area contributed by atoms with Crippen LogP contribution in [0.25, 0.3) is 0 Å². The Morgan fingerprint density at radius 2 is 2.10 bits per heavy atom. The molecular weight excluding hydrogens is 284 g/mol. The maximum absolute atomic E-state index is 11.9. The van der Waals surface area contributed by atoms with Gasteiger partial charge < -0.3 is 10.1 Å². The number of hydrogen-bond acceptors (Lipinski definition) is 4. The van der Waals surface area contributed by atoms with E-state index in [1.54, 1.807) is 0 Å². The van der Waals surface area contributed by atoms with Crippen LogP contribution in [0.3, 0.4) is 0 Å². The Labute approximate surface area is 129 Å². The summed E-state index contributed by atoms with van der Waals surface area (Å²) in [4.78, 5) is 11.9. The third kappa shape index (κ3) is 3.59. The number of nitriles is 1. The number of rotatable bonds is 5. The van der Waals surface area contributed by atoms with Crippen molar-refractivity contribution in [2.75, 3.05) is 12.4 Å². The van der Waals surface area contributed by atoms with E-state index < -0.39 is 0 Å². The fourth-order valence-corrected chi connectivity index (χ4v) is 3.14. The first-order chi connectivity index (χ1) is 10.2. The Balaban J connectivity index is 2.33. The summed E-state index contributed by atoms with van der Waals surface area (Å²) in [5.74, 6) is 1.40. The van der Waals surface area contributed by atoms with Crippen LogP contribution in [0.5, 0.6) is 5.75 Å². The van der Waals surface area contributed by atoms with Crippen LogP contribution in [0.2, 0.25) is 0 Å². The highest BCUT2D eigenvalue weighted by molar-refractivity contribution is 8.03. The molecule has 0 bridgehead atoms. The number of benzene rings is 1. The number of nitrogens with one attached hydrogen (secondary N) is 1. The summed E-state index contributed by atoms with van der Waals surface area (Å²) in [6.07, 6.45) is 0.310. The van der Waals surface area contributed by atoms with E-state index in [-0.39, 0.29) is 11.8 Å². The smallest absolute Gasteiger partial charge is 0.225 e. The molecular formula is C16H18N2O2S. The molecule has 4 nitrogen and oxygen atoms in total. The maximum Gasteiger partial charge on any atom is 0.225 e. The molecule has 21 heavy (non-hydrogen) atoms. The lowest BCUT2D eigenvalue weighted by Crippen LogP contribution is -2.30. The van der Waals surface area contributed by atoms with Gasteiger partial charge in [0.25, 0.3) is 0 Å². The van der Waals surface area contributed by atoms with Crippen molar-refractivity contribution < 1.29 is 9.53 Å². The first-order valence-electron chi connectivity index (χ1n) is 6.99. The van der Waals surface area contributed by atoms with Crippen LogP contribution >= 0.6 is 11.8 Å². The molecule has 0 spiro atoms. The van der Waals surface area contributed by atoms with Gasteiger partial charge in [0.2, 0.25) is 5.91 Å². The van der Waals surface area contributed by atoms with Crippen LogP contribution in [0, 0.1) is 11.3 Å². The molecule has 0 radical (unpaired) electrons. The molecule has 1 atom stereocenters. The van der Waals surface area contributed by atoms with Crippen molar-refractivity contribution in [2.24, 2.45) is 0 Å². The van der Waals surface area contributed by atoms with Gasteiger partial charge in [0.05, 0.1) is 23.3 Å². The normalized spacial score (nSPS) is 18.1. The molecule has 0 aromatic heterocycles. The average molecular weight is 302 g/mol. The molecule has 110 valence electrons. The lowest BCUT2D eigenvalue weighted by Gasteiger charge is -2.25. The number of allylic oxidation sites excluding steroid dienone is 1. The molecule has 0 aliphatic carbocycles. The van der Waals surface area contributed by atoms with Crippen molar-refractivity contribution in [3.05, 3.63) is 40.4 Å². The van der Waals surface area contributed by atoms with Gasteiger partial charge in [-0.15, -0.1) is 11.8 Å². The second-order valence-corrected chi connectivity index (χ2v) is 5.87. The second kappa shape index (κ2) is 7.19. The van der Waals surface area contributed by atoms with Crippen molar-refractivity contribution in [2.45, 2.75) is 26.2 Å². The van der Waals surface area contributed by atoms with Gasteiger partial charge in [-0.2, -0.15) is 5.26 Å². The van der Waals surface area contributed by atoms with E-state index in [2.05, 4.69) is 11.4 Å². The van der Waals surface area contributed by atoms with Crippen LogP contribution in [0.4, 0.5) is 0 Å². The summed E-state index contributed by atoms with van der Waals surface area (Å²) in [7, 11) is 0. The fourth-order valence-electron chi connectivity index (χ4n) is 2.33. The lowest BCUT2D eigenvalue weighted by atomic mass is 9.87. The highest BCUT2D eigenvalue weighted by Crippen LogP contribution is 2.36. The average Bonchev–Trinajstić information content (AvgIpc) is 2.48. The number of thioether (sulfide) groups is 1. The van der Waals surface area contributed by atoms with E-state index in [4.69, 9.17) is 4.74 Å². The van der Waals surface area contributed by atoms with Gasteiger partial charge in [0, 0.05) is 12.3 Å². The zero-order chi connectivity index (χ0) is 15.2. The summed E-state index contributed by atoms with van der Waals surface area (Å²) in [5, 5.41) is 12.9. The number of carbonyl (C=O) groups excluding carboxylic acids is 1. The molecule has 1 amide bonds. The van der Waals surface area contributed by atoms with Gasteiger partial charge in [-0.3, -0.25) is 4.79 Å². The van der Waals surface area contributed by atoms with E-state index in [1.807, 2.05) is 38.1 Å². The van der Waals surface area contributed by atoms with Crippen molar-refractivity contribution in [1.29, 1.82) is 5.26 Å². The van der Waals surface area contributed by atoms with Crippen LogP contribution in [0.15, 0.2) is 34.9 Å². The van der Waals surface area contributed by atoms with Gasteiger partial charge in [-0.05, 0) is 30.4 Å². The van der Waals surface area contributed by atoms with Gasteiger partial charge in [-0.1, -0.05) is 19.1 Å². The molecule has 1 aliphatic rings. The van der Waals surface area contributed by atoms with E-state index in [0.29, 0.717) is 23.6 Å². The maximum atomic E-state index is 11.9. The molecule has 2 rings (SSSR count). The highest BCUT2D eigenvalue weighted by Gasteiger charge is 2.29. The van der Waals surface area contributed by atoms with Crippen LogP contribution in [0.1, 0.15) is 31.7 Å². The number of carbonyl (C=O) groups is 1. The molecule has 0 saturated carbocycles. The monoisotopic (exact) mass is 302 g/mol. The molecule has 0 saturated heterocycles. The summed E-state index contributed by atoms with van der Waals surface area (Å²) in [6.45, 7) is 4.55. The molecule has 1 aromatic carbocycles. The Morgan fingerprint density at radius 3 is 2.67 bits per heavy atom. The third-order valence-electron chi connectivity index (χ3n) is 3.24. The Hall–Kier alpha value is -1.93. The third-order valence-corrected chi connectivity index (χ3v) is 4.14. The second-order valence-electron chi connectivity index (χ2n) is 4.59. The number of nitrogens with zero attached hydrogens (tertiary/aromatic N) is 1. The minimum Gasteiger partial charge on any atom is -0.494 e. The number of ether oxygens (including phenoxy) is 1. The molecule has 1 aliphatic heterocycles. The standard InChI is InChI=1S/C16H18N2O2S/c1-3-20-12-7-5-11(6-8-12)13-9-15(19)18-16(21-4-2)14(13)10-17/h5-8,13H,3-4,9H2,1-2H3,(H,18,19). The van der Waals surface area contributed by atoms with Gasteiger partial charge in [0.15, 0.2) is 0 Å². The van der Waals surface area contributed by atoms with Crippen molar-refractivity contribution >= 4 is 17.7 Å². The number of hydrogen-bond donors (Lipinski definition) is 1. The molecule has 1 aromatic rings. The first kappa shape index (κ1) is 15.5.